The molecule has 34 heavy (non-hydrogen) atoms. The van der Waals surface area contributed by atoms with E-state index in [0.29, 0.717) is 33.7 Å². The van der Waals surface area contributed by atoms with E-state index in [4.69, 9.17) is 9.47 Å². The highest BCUT2D eigenvalue weighted by molar-refractivity contribution is 6.07. The number of nitrogens with one attached hydrogen (secondary N) is 3. The number of aliphatic hydroxyl groups is 1. The van der Waals surface area contributed by atoms with Crippen molar-refractivity contribution in [3.05, 3.63) is 63.4 Å². The van der Waals surface area contributed by atoms with Gasteiger partial charge in [0.15, 0.2) is 11.5 Å². The van der Waals surface area contributed by atoms with E-state index in [9.17, 15) is 19.5 Å². The fourth-order valence-corrected chi connectivity index (χ4v) is 3.46. The number of fused-ring (bicyclic) bond motifs is 1. The van der Waals surface area contributed by atoms with Crippen molar-refractivity contribution >= 4 is 28.4 Å². The number of aryl methyl sites for hydroxylation is 1. The van der Waals surface area contributed by atoms with Crippen LogP contribution in [0.2, 0.25) is 0 Å². The van der Waals surface area contributed by atoms with Gasteiger partial charge in [0.25, 0.3) is 17.4 Å². The Bertz CT molecular complexity index is 1280. The monoisotopic (exact) mass is 467 g/mol. The molecule has 0 fully saturated rings. The number of H-pyrrole nitrogens is 1. The Morgan fingerprint density at radius 1 is 1.03 bits per heavy atom. The first-order valence-electron chi connectivity index (χ1n) is 10.8. The predicted octanol–water partition coefficient (Wildman–Crippen LogP) is 2.85. The first-order valence-corrected chi connectivity index (χ1v) is 10.8. The molecule has 0 spiro atoms. The van der Waals surface area contributed by atoms with Gasteiger partial charge in [-0.1, -0.05) is 19.9 Å². The number of rotatable bonds is 8. The number of ether oxygens (including phenoxy) is 2. The third-order valence-corrected chi connectivity index (χ3v) is 5.66. The first-order chi connectivity index (χ1) is 16.2. The van der Waals surface area contributed by atoms with Gasteiger partial charge in [-0.05, 0) is 42.7 Å². The molecule has 1 unspecified atom stereocenters. The zero-order chi connectivity index (χ0) is 25.0. The number of anilines is 1. The lowest BCUT2D eigenvalue weighted by Gasteiger charge is -2.20. The fraction of sp³-hybridized carbons (Fsp3) is 0.320. The highest BCUT2D eigenvalue weighted by Crippen LogP contribution is 2.31. The van der Waals surface area contributed by atoms with Crippen molar-refractivity contribution in [2.45, 2.75) is 26.8 Å². The number of aromatic amines is 1. The van der Waals surface area contributed by atoms with Crippen LogP contribution >= 0.6 is 0 Å². The van der Waals surface area contributed by atoms with Gasteiger partial charge >= 0.3 is 0 Å². The summed E-state index contributed by atoms with van der Waals surface area (Å²) in [4.78, 5) is 40.9. The molecule has 0 aliphatic heterocycles. The lowest BCUT2D eigenvalue weighted by molar-refractivity contribution is 0.0896. The SMILES string of the molecule is COc1cc2cc(C(=O)Nc3cc(C(=O)NC(CO)C(C)C)ccc3C)c(=O)[nH]c2cc1OC. The van der Waals surface area contributed by atoms with E-state index < -0.39 is 17.5 Å². The molecular formula is C25H29N3O6. The number of benzene rings is 2. The Morgan fingerprint density at radius 3 is 2.32 bits per heavy atom. The number of pyridine rings is 1. The standard InChI is InChI=1S/C25H29N3O6/c1-13(2)20(12-29)28-23(30)15-7-6-14(3)18(9-15)26-24(31)17-8-16-10-21(33-4)22(34-5)11-19(16)27-25(17)32/h6-11,13,20,29H,12H2,1-5H3,(H,26,31)(H,27,32)(H,28,30). The summed E-state index contributed by atoms with van der Waals surface area (Å²) in [6.45, 7) is 5.40. The van der Waals surface area contributed by atoms with Gasteiger partial charge in [0.05, 0.1) is 32.4 Å². The maximum Gasteiger partial charge on any atom is 0.261 e. The molecule has 9 nitrogen and oxygen atoms in total. The number of aromatic nitrogens is 1. The van der Waals surface area contributed by atoms with Crippen LogP contribution in [0.5, 0.6) is 11.5 Å². The summed E-state index contributed by atoms with van der Waals surface area (Å²) in [5.41, 5.74) is 1.29. The minimum absolute atomic E-state index is 0.0526. The Kier molecular flexibility index (Phi) is 7.57. The van der Waals surface area contributed by atoms with E-state index in [1.807, 2.05) is 13.8 Å². The van der Waals surface area contributed by atoms with Crippen LogP contribution in [-0.4, -0.2) is 48.8 Å². The van der Waals surface area contributed by atoms with Crippen molar-refractivity contribution in [3.63, 3.8) is 0 Å². The minimum Gasteiger partial charge on any atom is -0.493 e. The highest BCUT2D eigenvalue weighted by atomic mass is 16.5. The average Bonchev–Trinajstić information content (AvgIpc) is 2.81. The van der Waals surface area contributed by atoms with Crippen LogP contribution in [0.4, 0.5) is 5.69 Å². The van der Waals surface area contributed by atoms with Crippen LogP contribution in [0.3, 0.4) is 0 Å². The molecule has 1 heterocycles. The van der Waals surface area contributed by atoms with Crippen molar-refractivity contribution in [2.75, 3.05) is 26.1 Å². The summed E-state index contributed by atoms with van der Waals surface area (Å²) in [7, 11) is 2.99. The van der Waals surface area contributed by atoms with Crippen molar-refractivity contribution in [3.8, 4) is 11.5 Å². The van der Waals surface area contributed by atoms with Gasteiger partial charge in [-0.15, -0.1) is 0 Å². The number of aliphatic hydroxyl groups excluding tert-OH is 1. The first kappa shape index (κ1) is 24.8. The van der Waals surface area contributed by atoms with Crippen LogP contribution in [0, 0.1) is 12.8 Å². The third-order valence-electron chi connectivity index (χ3n) is 5.66. The summed E-state index contributed by atoms with van der Waals surface area (Å²) in [5.74, 6) is -0.0151. The van der Waals surface area contributed by atoms with Crippen LogP contribution in [-0.2, 0) is 0 Å². The summed E-state index contributed by atoms with van der Waals surface area (Å²) in [6.07, 6.45) is 0. The summed E-state index contributed by atoms with van der Waals surface area (Å²) >= 11 is 0. The zero-order valence-electron chi connectivity index (χ0n) is 19.8. The second-order valence-electron chi connectivity index (χ2n) is 8.30. The van der Waals surface area contributed by atoms with Crippen LogP contribution in [0.15, 0.2) is 41.2 Å². The molecule has 3 rings (SSSR count). The molecule has 1 aromatic heterocycles. The number of carbonyl (C=O) groups excluding carboxylic acids is 2. The van der Waals surface area contributed by atoms with Crippen LogP contribution < -0.4 is 25.7 Å². The number of carbonyl (C=O) groups is 2. The van der Waals surface area contributed by atoms with E-state index in [0.717, 1.165) is 5.56 Å². The Balaban J connectivity index is 1.90. The summed E-state index contributed by atoms with van der Waals surface area (Å²) < 4.78 is 10.6. The van der Waals surface area contributed by atoms with Gasteiger partial charge in [-0.25, -0.2) is 0 Å². The molecular weight excluding hydrogens is 438 g/mol. The zero-order valence-corrected chi connectivity index (χ0v) is 19.8. The van der Waals surface area contributed by atoms with E-state index in [-0.39, 0.29) is 24.0 Å². The summed E-state index contributed by atoms with van der Waals surface area (Å²) in [6, 6.07) is 9.27. The molecule has 0 saturated heterocycles. The topological polar surface area (TPSA) is 130 Å². The van der Waals surface area contributed by atoms with Crippen LogP contribution in [0.25, 0.3) is 10.9 Å². The second-order valence-corrected chi connectivity index (χ2v) is 8.30. The lowest BCUT2D eigenvalue weighted by Crippen LogP contribution is -2.41. The molecule has 4 N–H and O–H groups in total. The summed E-state index contributed by atoms with van der Waals surface area (Å²) in [5, 5.41) is 15.6. The lowest BCUT2D eigenvalue weighted by atomic mass is 10.0. The molecule has 180 valence electrons. The molecule has 0 aliphatic carbocycles. The molecule has 2 amide bonds. The highest BCUT2D eigenvalue weighted by Gasteiger charge is 2.19. The molecule has 9 heteroatoms. The van der Waals surface area contributed by atoms with Gasteiger partial charge in [0.1, 0.15) is 5.56 Å². The number of hydrogen-bond donors (Lipinski definition) is 4. The predicted molar refractivity (Wildman–Crippen MR) is 130 cm³/mol. The number of amides is 2. The van der Waals surface area contributed by atoms with E-state index in [1.54, 1.807) is 37.3 Å². The molecule has 2 aromatic carbocycles. The van der Waals surface area contributed by atoms with Gasteiger partial charge in [0, 0.05) is 22.7 Å². The maximum absolute atomic E-state index is 13.0. The molecule has 0 saturated carbocycles. The fourth-order valence-electron chi connectivity index (χ4n) is 3.46. The van der Waals surface area contributed by atoms with E-state index in [1.165, 1.54) is 20.3 Å². The maximum atomic E-state index is 13.0. The van der Waals surface area contributed by atoms with Crippen LogP contribution in [0.1, 0.15) is 40.1 Å². The Morgan fingerprint density at radius 2 is 1.71 bits per heavy atom. The molecule has 1 atom stereocenters. The van der Waals surface area contributed by atoms with Gasteiger partial charge < -0.3 is 30.2 Å². The third kappa shape index (κ3) is 5.20. The largest absolute Gasteiger partial charge is 0.493 e. The van der Waals surface area contributed by atoms with Crippen molar-refractivity contribution in [2.24, 2.45) is 5.92 Å². The van der Waals surface area contributed by atoms with Gasteiger partial charge in [0.2, 0.25) is 0 Å². The smallest absolute Gasteiger partial charge is 0.261 e. The second kappa shape index (κ2) is 10.4. The van der Waals surface area contributed by atoms with Crippen molar-refractivity contribution in [1.29, 1.82) is 0 Å². The quantitative estimate of drug-likeness (QED) is 0.403. The van der Waals surface area contributed by atoms with E-state index in [2.05, 4.69) is 15.6 Å². The minimum atomic E-state index is -0.617. The van der Waals surface area contributed by atoms with Gasteiger partial charge in [-0.2, -0.15) is 0 Å². The number of hydrogen-bond acceptors (Lipinski definition) is 6. The number of methoxy groups -OCH3 is 2. The van der Waals surface area contributed by atoms with E-state index >= 15 is 0 Å². The molecule has 0 radical (unpaired) electrons. The molecule has 0 aliphatic rings. The molecule has 3 aromatic rings. The Labute approximate surface area is 197 Å². The van der Waals surface area contributed by atoms with Crippen molar-refractivity contribution < 1.29 is 24.2 Å². The van der Waals surface area contributed by atoms with Gasteiger partial charge in [-0.3, -0.25) is 14.4 Å². The Hall–Kier alpha value is -3.85. The normalized spacial score (nSPS) is 11.9. The molecule has 0 bridgehead atoms. The van der Waals surface area contributed by atoms with Crippen molar-refractivity contribution in [1.82, 2.24) is 10.3 Å². The average molecular weight is 468 g/mol.